The third kappa shape index (κ3) is 4.92. The number of urea groups is 1. The van der Waals surface area contributed by atoms with Gasteiger partial charge in [0.05, 0.1) is 13.2 Å². The largest absolute Gasteiger partial charge is 0.497 e. The van der Waals surface area contributed by atoms with Crippen LogP contribution in [0.25, 0.3) is 0 Å². The Morgan fingerprint density at radius 3 is 2.64 bits per heavy atom. The molecule has 0 spiro atoms. The Bertz CT molecular complexity index is 959. The van der Waals surface area contributed by atoms with Crippen LogP contribution in [-0.4, -0.2) is 28.4 Å². The predicted molar refractivity (Wildman–Crippen MR) is 104 cm³/mol. The normalized spacial score (nSPS) is 11.7. The van der Waals surface area contributed by atoms with E-state index in [1.165, 1.54) is 0 Å². The number of nitrogens with one attached hydrogen (secondary N) is 2. The zero-order valence-electron chi connectivity index (χ0n) is 15.3. The summed E-state index contributed by atoms with van der Waals surface area (Å²) in [5.41, 5.74) is 2.37. The Morgan fingerprint density at radius 1 is 1.29 bits per heavy atom. The molecule has 3 rings (SSSR count). The van der Waals surface area contributed by atoms with Gasteiger partial charge < -0.3 is 20.5 Å². The summed E-state index contributed by atoms with van der Waals surface area (Å²) in [5.74, 6) is 0.887. The van der Waals surface area contributed by atoms with Gasteiger partial charge in [0.25, 0.3) is 0 Å². The second-order valence-corrected chi connectivity index (χ2v) is 6.53. The highest BCUT2D eigenvalue weighted by Crippen LogP contribution is 2.22. The molecular weight excluding hydrogens is 384 g/mol. The first kappa shape index (κ1) is 19.5. The number of amides is 2. The topological polar surface area (TPSA) is 110 Å². The fourth-order valence-electron chi connectivity index (χ4n) is 2.66. The summed E-state index contributed by atoms with van der Waals surface area (Å²) < 4.78 is 9.79. The summed E-state index contributed by atoms with van der Waals surface area (Å²) in [6.07, 6.45) is -0.179. The van der Waals surface area contributed by atoms with Crippen LogP contribution in [-0.2, 0) is 6.42 Å². The van der Waals surface area contributed by atoms with Gasteiger partial charge in [-0.05, 0) is 48.4 Å². The van der Waals surface area contributed by atoms with Crippen molar-refractivity contribution in [3.63, 3.8) is 0 Å². The predicted octanol–water partition coefficient (Wildman–Crippen LogP) is 3.85. The van der Waals surface area contributed by atoms with E-state index >= 15 is 0 Å². The molecule has 3 N–H and O–H groups in total. The van der Waals surface area contributed by atoms with E-state index in [1.807, 2.05) is 31.2 Å². The number of rotatable bonds is 6. The molecule has 0 aliphatic rings. The molecule has 2 aromatic carbocycles. The van der Waals surface area contributed by atoms with Gasteiger partial charge >= 0.3 is 12.1 Å². The molecule has 0 saturated carbocycles. The minimum absolute atomic E-state index is 0.163. The summed E-state index contributed by atoms with van der Waals surface area (Å²) >= 11 is 5.94. The maximum atomic E-state index is 12.5. The second kappa shape index (κ2) is 8.62. The number of aromatic hydroxyl groups is 1. The average Bonchev–Trinajstić information content (AvgIpc) is 3.10. The third-order valence-electron chi connectivity index (χ3n) is 4.08. The fourth-order valence-corrected chi connectivity index (χ4v) is 2.88. The molecule has 0 aliphatic heterocycles. The zero-order valence-corrected chi connectivity index (χ0v) is 16.0. The van der Waals surface area contributed by atoms with Gasteiger partial charge in [0, 0.05) is 17.1 Å². The maximum absolute atomic E-state index is 12.5. The molecule has 1 atom stereocenters. The number of hydrogen-bond acceptors (Lipinski definition) is 6. The van der Waals surface area contributed by atoms with Crippen molar-refractivity contribution in [1.82, 2.24) is 15.5 Å². The summed E-state index contributed by atoms with van der Waals surface area (Å²) in [6, 6.07) is 11.5. The van der Waals surface area contributed by atoms with Crippen LogP contribution >= 0.6 is 11.6 Å². The van der Waals surface area contributed by atoms with Gasteiger partial charge in [-0.15, -0.1) is 0 Å². The first-order chi connectivity index (χ1) is 13.4. The van der Waals surface area contributed by atoms with E-state index in [4.69, 9.17) is 16.3 Å². The van der Waals surface area contributed by atoms with Crippen molar-refractivity contribution in [1.29, 1.82) is 0 Å². The van der Waals surface area contributed by atoms with E-state index in [2.05, 4.69) is 25.3 Å². The number of halogens is 1. The number of methoxy groups -OCH3 is 1. The van der Waals surface area contributed by atoms with Crippen molar-refractivity contribution in [2.75, 3.05) is 12.4 Å². The van der Waals surface area contributed by atoms with Crippen LogP contribution in [0.5, 0.6) is 11.8 Å². The van der Waals surface area contributed by atoms with E-state index in [-0.39, 0.29) is 5.82 Å². The van der Waals surface area contributed by atoms with Crippen molar-refractivity contribution in [2.45, 2.75) is 19.4 Å². The van der Waals surface area contributed by atoms with Crippen LogP contribution in [0.2, 0.25) is 5.02 Å². The zero-order chi connectivity index (χ0) is 20.1. The van der Waals surface area contributed by atoms with E-state index in [0.717, 1.165) is 16.9 Å². The van der Waals surface area contributed by atoms with Crippen LogP contribution in [0.1, 0.15) is 23.0 Å². The molecule has 0 aliphatic carbocycles. The number of nitrogens with zero attached hydrogens (tertiary/aromatic N) is 2. The fraction of sp³-hybridized carbons (Fsp3) is 0.211. The highest BCUT2D eigenvalue weighted by atomic mass is 35.5. The smallest absolute Gasteiger partial charge is 0.414 e. The van der Waals surface area contributed by atoms with Gasteiger partial charge in [-0.2, -0.15) is 4.98 Å². The third-order valence-corrected chi connectivity index (χ3v) is 4.32. The Hall–Kier alpha value is -3.26. The van der Waals surface area contributed by atoms with Crippen LogP contribution in [0.4, 0.5) is 10.5 Å². The maximum Gasteiger partial charge on any atom is 0.414 e. The number of carbonyl (C=O) groups is 1. The summed E-state index contributed by atoms with van der Waals surface area (Å²) in [4.78, 5) is 16.3. The lowest BCUT2D eigenvalue weighted by Gasteiger charge is -2.17. The molecule has 1 unspecified atom stereocenters. The number of aryl methyl sites for hydroxylation is 1. The van der Waals surface area contributed by atoms with E-state index in [0.29, 0.717) is 17.1 Å². The molecule has 146 valence electrons. The molecule has 0 radical (unpaired) electrons. The van der Waals surface area contributed by atoms with Crippen LogP contribution in [0.3, 0.4) is 0 Å². The van der Waals surface area contributed by atoms with Crippen molar-refractivity contribution in [2.24, 2.45) is 0 Å². The van der Waals surface area contributed by atoms with Gasteiger partial charge in [-0.25, -0.2) is 4.79 Å². The van der Waals surface area contributed by atoms with Gasteiger partial charge in [0.1, 0.15) is 5.75 Å². The number of anilines is 1. The van der Waals surface area contributed by atoms with Gasteiger partial charge in [-0.3, -0.25) is 4.52 Å². The molecule has 0 saturated heterocycles. The number of aromatic nitrogens is 2. The SMILES string of the molecule is COc1ccc(CC(NC(=O)Nc2ccc(Cl)cc2C)c2noc(O)n2)cc1. The average molecular weight is 403 g/mol. The molecule has 0 fully saturated rings. The standard InChI is InChI=1S/C19H19ClN4O4/c1-11-9-13(20)5-8-15(11)21-18(25)22-16(17-23-19(26)28-24-17)10-12-3-6-14(27-2)7-4-12/h3-9,16H,10H2,1-2H3,(H2,21,22,25)(H,23,24,26). The number of carbonyl (C=O) groups excluding carboxylic acids is 1. The van der Waals surface area contributed by atoms with E-state index < -0.39 is 18.1 Å². The van der Waals surface area contributed by atoms with Crippen molar-refractivity contribution in [3.05, 3.63) is 64.4 Å². The van der Waals surface area contributed by atoms with E-state index in [1.54, 1.807) is 25.3 Å². The first-order valence-electron chi connectivity index (χ1n) is 8.44. The molecule has 8 nitrogen and oxygen atoms in total. The van der Waals surface area contributed by atoms with Crippen LogP contribution in [0, 0.1) is 6.92 Å². The lowest BCUT2D eigenvalue weighted by Crippen LogP contribution is -2.34. The first-order valence-corrected chi connectivity index (χ1v) is 8.81. The minimum Gasteiger partial charge on any atom is -0.497 e. The molecule has 1 aromatic heterocycles. The summed E-state index contributed by atoms with van der Waals surface area (Å²) in [6.45, 7) is 1.84. The molecule has 1 heterocycles. The quantitative estimate of drug-likeness (QED) is 0.577. The van der Waals surface area contributed by atoms with Gasteiger partial charge in [0.2, 0.25) is 0 Å². The molecular formula is C19H19ClN4O4. The van der Waals surface area contributed by atoms with Crippen LogP contribution in [0.15, 0.2) is 47.0 Å². The summed E-state index contributed by atoms with van der Waals surface area (Å²) in [7, 11) is 1.59. The number of benzene rings is 2. The minimum atomic E-state index is -0.620. The van der Waals surface area contributed by atoms with Crippen molar-refractivity contribution >= 4 is 23.3 Å². The Balaban J connectivity index is 1.75. The molecule has 0 bridgehead atoms. The number of ether oxygens (including phenoxy) is 1. The monoisotopic (exact) mass is 402 g/mol. The highest BCUT2D eigenvalue weighted by Gasteiger charge is 2.21. The lowest BCUT2D eigenvalue weighted by atomic mass is 10.1. The van der Waals surface area contributed by atoms with Gasteiger partial charge in [-0.1, -0.05) is 28.9 Å². The summed E-state index contributed by atoms with van der Waals surface area (Å²) in [5, 5.41) is 19.2. The number of hydrogen-bond donors (Lipinski definition) is 3. The molecule has 9 heteroatoms. The van der Waals surface area contributed by atoms with Crippen LogP contribution < -0.4 is 15.4 Å². The molecule has 28 heavy (non-hydrogen) atoms. The lowest BCUT2D eigenvalue weighted by molar-refractivity contribution is 0.247. The van der Waals surface area contributed by atoms with Crippen molar-refractivity contribution < 1.29 is 19.2 Å². The second-order valence-electron chi connectivity index (χ2n) is 6.10. The highest BCUT2D eigenvalue weighted by molar-refractivity contribution is 6.30. The Kier molecular flexibility index (Phi) is 6.00. The molecule has 3 aromatic rings. The molecule has 2 amide bonds. The Labute approximate surface area is 166 Å². The van der Waals surface area contributed by atoms with Crippen molar-refractivity contribution in [3.8, 4) is 11.8 Å². The van der Waals surface area contributed by atoms with E-state index in [9.17, 15) is 9.90 Å². The Morgan fingerprint density at radius 2 is 2.04 bits per heavy atom. The van der Waals surface area contributed by atoms with Gasteiger partial charge in [0.15, 0.2) is 5.82 Å².